The van der Waals surface area contributed by atoms with E-state index in [1.807, 2.05) is 19.1 Å². The van der Waals surface area contributed by atoms with Crippen LogP contribution in [0.25, 0.3) is 0 Å². The number of hydrogen-bond acceptors (Lipinski definition) is 8. The van der Waals surface area contributed by atoms with Crippen molar-refractivity contribution in [2.24, 2.45) is 5.73 Å². The third-order valence-electron chi connectivity index (χ3n) is 6.86. The van der Waals surface area contributed by atoms with Crippen molar-refractivity contribution >= 4 is 40.9 Å². The minimum atomic E-state index is -0.522. The molecule has 2 aliphatic rings. The number of nitriles is 1. The highest BCUT2D eigenvalue weighted by atomic mass is 32.2. The molecule has 2 fully saturated rings. The number of likely N-dealkylation sites (tertiary alicyclic amines) is 1. The largest absolute Gasteiger partial charge is 0.392 e. The van der Waals surface area contributed by atoms with Crippen LogP contribution in [0, 0.1) is 11.3 Å². The number of nitrogens with zero attached hydrogens (tertiary/aromatic N) is 3. The van der Waals surface area contributed by atoms with E-state index in [4.69, 9.17) is 11.0 Å². The van der Waals surface area contributed by atoms with Crippen molar-refractivity contribution in [1.82, 2.24) is 15.1 Å². The van der Waals surface area contributed by atoms with Gasteiger partial charge in [0.25, 0.3) is 11.8 Å². The Bertz CT molecular complexity index is 1300. The van der Waals surface area contributed by atoms with Gasteiger partial charge in [-0.15, -0.1) is 0 Å². The summed E-state index contributed by atoms with van der Waals surface area (Å²) in [6.45, 7) is 6.42. The molecular formula is C29H35N7O3S. The summed E-state index contributed by atoms with van der Waals surface area (Å²) in [6.07, 6.45) is 3.44. The van der Waals surface area contributed by atoms with Crippen LogP contribution in [0.15, 0.2) is 59.3 Å². The molecule has 3 amide bonds. The first kappa shape index (κ1) is 29.0. The number of nitrogens with one attached hydrogen (secondary N) is 3. The molecule has 0 bridgehead atoms. The number of amides is 3. The number of thioether (sulfide) groups is 1. The topological polar surface area (TPSA) is 144 Å². The molecule has 0 spiro atoms. The van der Waals surface area contributed by atoms with Gasteiger partial charge in [-0.05, 0) is 88.3 Å². The van der Waals surface area contributed by atoms with Crippen LogP contribution in [0.3, 0.4) is 0 Å². The van der Waals surface area contributed by atoms with Crippen molar-refractivity contribution in [2.45, 2.75) is 31.4 Å². The summed E-state index contributed by atoms with van der Waals surface area (Å²) in [6, 6.07) is 15.7. The van der Waals surface area contributed by atoms with E-state index in [2.05, 4.69) is 20.9 Å². The SMILES string of the molecule is CCN1C(=O)[C@@H](CNc2cccc(C(=O)NCCCN3CCCC3)c2)S/C1=C(/N)C(=O)Nc1ccc(C#N)cc1. The fraction of sp³-hybridized carbons (Fsp3) is 0.379. The van der Waals surface area contributed by atoms with Crippen molar-refractivity contribution in [3.05, 3.63) is 70.4 Å². The zero-order valence-corrected chi connectivity index (χ0v) is 23.4. The van der Waals surface area contributed by atoms with Gasteiger partial charge in [0.05, 0.1) is 11.6 Å². The average molecular weight is 562 g/mol. The summed E-state index contributed by atoms with van der Waals surface area (Å²) in [7, 11) is 0. The average Bonchev–Trinajstić information content (AvgIpc) is 3.61. The molecule has 210 valence electrons. The minimum Gasteiger partial charge on any atom is -0.392 e. The van der Waals surface area contributed by atoms with Crippen molar-refractivity contribution in [3.8, 4) is 6.07 Å². The summed E-state index contributed by atoms with van der Waals surface area (Å²) >= 11 is 1.24. The fourth-order valence-electron chi connectivity index (χ4n) is 4.68. The maximum Gasteiger partial charge on any atom is 0.274 e. The highest BCUT2D eigenvalue weighted by Gasteiger charge is 2.38. The van der Waals surface area contributed by atoms with Gasteiger partial charge in [-0.3, -0.25) is 14.4 Å². The van der Waals surface area contributed by atoms with E-state index in [1.54, 1.807) is 42.5 Å². The van der Waals surface area contributed by atoms with E-state index in [0.29, 0.717) is 41.5 Å². The number of rotatable bonds is 11. The van der Waals surface area contributed by atoms with Gasteiger partial charge in [0, 0.05) is 36.6 Å². The number of benzene rings is 2. The van der Waals surface area contributed by atoms with Gasteiger partial charge in [0.15, 0.2) is 0 Å². The first-order valence-electron chi connectivity index (χ1n) is 13.5. The lowest BCUT2D eigenvalue weighted by Crippen LogP contribution is -2.33. The molecule has 2 heterocycles. The van der Waals surface area contributed by atoms with Crippen molar-refractivity contribution in [3.63, 3.8) is 0 Å². The van der Waals surface area contributed by atoms with Crippen LogP contribution in [-0.2, 0) is 9.59 Å². The Morgan fingerprint density at radius 3 is 2.58 bits per heavy atom. The number of carbonyl (C=O) groups excluding carboxylic acids is 3. The summed E-state index contributed by atoms with van der Waals surface area (Å²) in [5, 5.41) is 17.8. The first-order valence-corrected chi connectivity index (χ1v) is 14.4. The number of hydrogen-bond donors (Lipinski definition) is 4. The maximum absolute atomic E-state index is 13.1. The zero-order chi connectivity index (χ0) is 28.5. The Morgan fingerprint density at radius 1 is 1.12 bits per heavy atom. The first-order chi connectivity index (χ1) is 19.4. The van der Waals surface area contributed by atoms with E-state index < -0.39 is 11.2 Å². The predicted octanol–water partition coefficient (Wildman–Crippen LogP) is 2.92. The second-order valence-electron chi connectivity index (χ2n) is 9.67. The maximum atomic E-state index is 13.1. The van der Waals surface area contributed by atoms with Crippen LogP contribution >= 0.6 is 11.8 Å². The smallest absolute Gasteiger partial charge is 0.274 e. The van der Waals surface area contributed by atoms with Gasteiger partial charge in [0.2, 0.25) is 5.91 Å². The molecule has 0 aromatic heterocycles. The molecule has 1 atom stereocenters. The second-order valence-corrected chi connectivity index (χ2v) is 10.9. The van der Waals surface area contributed by atoms with Gasteiger partial charge < -0.3 is 31.5 Å². The second kappa shape index (κ2) is 13.9. The number of anilines is 2. The molecule has 0 saturated carbocycles. The molecule has 10 nitrogen and oxygen atoms in total. The standard InChI is InChI=1S/C29H35N7O3S/c1-2-36-28(39)24(40-29(36)25(31)27(38)34-22-11-9-20(18-30)10-12-22)19-33-23-8-5-7-21(17-23)26(37)32-13-6-16-35-14-3-4-15-35/h5,7-12,17,24,33H,2-4,6,13-16,19,31H2,1H3,(H,32,37)(H,34,38)/b29-25+/t24-/m1/s1. The lowest BCUT2D eigenvalue weighted by atomic mass is 10.2. The van der Waals surface area contributed by atoms with Crippen LogP contribution in [-0.4, -0.2) is 72.0 Å². The van der Waals surface area contributed by atoms with Crippen LogP contribution in [0.4, 0.5) is 11.4 Å². The summed E-state index contributed by atoms with van der Waals surface area (Å²) < 4.78 is 0. The van der Waals surface area contributed by atoms with Gasteiger partial charge >= 0.3 is 0 Å². The molecule has 40 heavy (non-hydrogen) atoms. The Morgan fingerprint density at radius 2 is 1.88 bits per heavy atom. The minimum absolute atomic E-state index is 0.0459. The molecular weight excluding hydrogens is 526 g/mol. The highest BCUT2D eigenvalue weighted by molar-refractivity contribution is 8.04. The molecule has 0 radical (unpaired) electrons. The molecule has 2 aromatic rings. The number of nitrogens with two attached hydrogens (primary N) is 1. The van der Waals surface area contributed by atoms with Crippen LogP contribution in [0.1, 0.15) is 42.1 Å². The molecule has 2 aromatic carbocycles. The van der Waals surface area contributed by atoms with Crippen molar-refractivity contribution in [2.75, 3.05) is 49.9 Å². The van der Waals surface area contributed by atoms with Gasteiger partial charge in [-0.25, -0.2) is 0 Å². The fourth-order valence-corrected chi connectivity index (χ4v) is 5.91. The van der Waals surface area contributed by atoms with Gasteiger partial charge in [0.1, 0.15) is 16.0 Å². The lowest BCUT2D eigenvalue weighted by molar-refractivity contribution is -0.127. The predicted molar refractivity (Wildman–Crippen MR) is 157 cm³/mol. The Labute approximate surface area is 239 Å². The number of carbonyl (C=O) groups is 3. The van der Waals surface area contributed by atoms with Crippen LogP contribution < -0.4 is 21.7 Å². The monoisotopic (exact) mass is 561 g/mol. The summed E-state index contributed by atoms with van der Waals surface area (Å²) in [5.74, 6) is -0.790. The molecule has 11 heteroatoms. The van der Waals surface area contributed by atoms with E-state index in [-0.39, 0.29) is 17.5 Å². The van der Waals surface area contributed by atoms with Gasteiger partial charge in [-0.1, -0.05) is 17.8 Å². The molecule has 4 rings (SSSR count). The molecule has 2 saturated heterocycles. The Balaban J connectivity index is 1.32. The summed E-state index contributed by atoms with van der Waals surface area (Å²) in [4.78, 5) is 42.5. The Hall–Kier alpha value is -4.01. The molecule has 0 aliphatic carbocycles. The molecule has 0 unspecified atom stereocenters. The van der Waals surface area contributed by atoms with Crippen LogP contribution in [0.2, 0.25) is 0 Å². The highest BCUT2D eigenvalue weighted by Crippen LogP contribution is 2.36. The van der Waals surface area contributed by atoms with E-state index in [0.717, 1.165) is 31.7 Å². The van der Waals surface area contributed by atoms with E-state index >= 15 is 0 Å². The normalized spacial score (nSPS) is 18.4. The quantitative estimate of drug-likeness (QED) is 0.242. The van der Waals surface area contributed by atoms with Crippen molar-refractivity contribution in [1.29, 1.82) is 5.26 Å². The summed E-state index contributed by atoms with van der Waals surface area (Å²) in [5.41, 5.74) is 8.41. The zero-order valence-electron chi connectivity index (χ0n) is 22.6. The Kier molecular flexibility index (Phi) is 10.0. The molecule has 5 N–H and O–H groups in total. The molecule has 2 aliphatic heterocycles. The van der Waals surface area contributed by atoms with Crippen molar-refractivity contribution < 1.29 is 14.4 Å². The van der Waals surface area contributed by atoms with E-state index in [1.165, 1.54) is 29.5 Å². The van der Waals surface area contributed by atoms with Gasteiger partial charge in [-0.2, -0.15) is 5.26 Å². The third-order valence-corrected chi connectivity index (χ3v) is 8.17. The van der Waals surface area contributed by atoms with E-state index in [9.17, 15) is 14.4 Å². The lowest BCUT2D eigenvalue weighted by Gasteiger charge is -2.16. The third kappa shape index (κ3) is 7.34. The van der Waals surface area contributed by atoms with Crippen LogP contribution in [0.5, 0.6) is 0 Å².